The first-order valence-corrected chi connectivity index (χ1v) is 9.13. The maximum Gasteiger partial charge on any atom is 0.331 e. The topological polar surface area (TPSA) is 159 Å². The van der Waals surface area contributed by atoms with Crippen LogP contribution in [0.1, 0.15) is 24.8 Å². The quantitative estimate of drug-likeness (QED) is 0.225. The Morgan fingerprint density at radius 2 is 1.63 bits per heavy atom. The lowest BCUT2D eigenvalue weighted by atomic mass is 10.1. The minimum absolute atomic E-state index is 0.0361. The number of hydrogen-bond donors (Lipinski definition) is 4. The zero-order chi connectivity index (χ0) is 21.9. The summed E-state index contributed by atoms with van der Waals surface area (Å²) in [7, 11) is 0. The van der Waals surface area contributed by atoms with E-state index in [0.717, 1.165) is 12.2 Å². The molecule has 1 aliphatic rings. The number of rotatable bonds is 10. The summed E-state index contributed by atoms with van der Waals surface area (Å²) in [5.41, 5.74) is -0.199. The van der Waals surface area contributed by atoms with Crippen LogP contribution in [-0.2, 0) is 30.3 Å². The molecule has 0 radical (unpaired) electrons. The molecule has 11 nitrogen and oxygen atoms in total. The van der Waals surface area contributed by atoms with Gasteiger partial charge in [-0.05, 0) is 25.7 Å². The van der Waals surface area contributed by atoms with Crippen molar-refractivity contribution < 1.29 is 23.9 Å². The summed E-state index contributed by atoms with van der Waals surface area (Å²) in [5, 5.41) is 5.32. The van der Waals surface area contributed by atoms with Gasteiger partial charge in [-0.3, -0.25) is 14.6 Å². The molecule has 1 aliphatic heterocycles. The number of nitrogens with one attached hydrogen (secondary N) is 4. The Hall–Kier alpha value is -3.89. The number of amides is 1. The fraction of sp³-hybridized carbons (Fsp3) is 0.316. The highest BCUT2D eigenvalue weighted by Crippen LogP contribution is 2.08. The summed E-state index contributed by atoms with van der Waals surface area (Å²) in [6.07, 6.45) is 6.27. The van der Waals surface area contributed by atoms with Crippen molar-refractivity contribution in [1.82, 2.24) is 20.6 Å². The van der Waals surface area contributed by atoms with Crippen molar-refractivity contribution in [2.45, 2.75) is 25.7 Å². The monoisotopic (exact) mass is 418 g/mol. The van der Waals surface area contributed by atoms with Crippen LogP contribution in [0.2, 0.25) is 0 Å². The largest absolute Gasteiger partial charge is 0.463 e. The van der Waals surface area contributed by atoms with E-state index in [1.165, 1.54) is 6.20 Å². The van der Waals surface area contributed by atoms with Gasteiger partial charge in [-0.15, -0.1) is 0 Å². The van der Waals surface area contributed by atoms with Gasteiger partial charge in [0, 0.05) is 35.7 Å². The van der Waals surface area contributed by atoms with Crippen LogP contribution >= 0.6 is 0 Å². The average Bonchev–Trinajstić information content (AvgIpc) is 2.69. The van der Waals surface area contributed by atoms with Crippen LogP contribution in [0, 0.1) is 0 Å². The molecule has 0 unspecified atom stereocenters. The van der Waals surface area contributed by atoms with Gasteiger partial charge >= 0.3 is 17.6 Å². The van der Waals surface area contributed by atoms with Gasteiger partial charge in [-0.1, -0.05) is 6.58 Å². The third-order valence-corrected chi connectivity index (χ3v) is 3.90. The first kappa shape index (κ1) is 22.4. The number of aromatic nitrogens is 2. The van der Waals surface area contributed by atoms with E-state index in [9.17, 15) is 24.0 Å². The number of carbonyl (C=O) groups excluding carboxylic acids is 3. The molecule has 0 aromatic carbocycles. The summed E-state index contributed by atoms with van der Waals surface area (Å²) in [5.74, 6) is -1.28. The molecule has 0 aliphatic carbocycles. The molecule has 0 fully saturated rings. The third kappa shape index (κ3) is 7.62. The molecule has 160 valence electrons. The number of H-pyrrole nitrogens is 2. The van der Waals surface area contributed by atoms with Crippen molar-refractivity contribution in [2.24, 2.45) is 0 Å². The second kappa shape index (κ2) is 11.2. The van der Waals surface area contributed by atoms with Crippen molar-refractivity contribution in [3.05, 3.63) is 68.9 Å². The highest BCUT2D eigenvalue weighted by Gasteiger charge is 2.14. The van der Waals surface area contributed by atoms with Crippen molar-refractivity contribution in [2.75, 3.05) is 13.2 Å². The summed E-state index contributed by atoms with van der Waals surface area (Å²) in [4.78, 5) is 61.7. The van der Waals surface area contributed by atoms with E-state index < -0.39 is 23.2 Å². The zero-order valence-corrected chi connectivity index (χ0v) is 16.1. The Balaban J connectivity index is 1.59. The summed E-state index contributed by atoms with van der Waals surface area (Å²) in [6, 6.07) is 0. The zero-order valence-electron chi connectivity index (χ0n) is 16.1. The van der Waals surface area contributed by atoms with E-state index >= 15 is 0 Å². The number of ether oxygens (including phenoxy) is 2. The van der Waals surface area contributed by atoms with Crippen LogP contribution in [0.25, 0.3) is 0 Å². The van der Waals surface area contributed by atoms with E-state index in [0.29, 0.717) is 42.6 Å². The molecule has 0 spiro atoms. The van der Waals surface area contributed by atoms with Crippen LogP contribution in [0.5, 0.6) is 0 Å². The highest BCUT2D eigenvalue weighted by molar-refractivity contribution is 5.95. The minimum Gasteiger partial charge on any atom is -0.463 e. The van der Waals surface area contributed by atoms with E-state index in [2.05, 4.69) is 27.2 Å². The Morgan fingerprint density at radius 3 is 2.23 bits per heavy atom. The van der Waals surface area contributed by atoms with Gasteiger partial charge < -0.3 is 25.1 Å². The number of aromatic amines is 2. The lowest BCUT2D eigenvalue weighted by Crippen LogP contribution is -2.35. The molecule has 1 aromatic rings. The summed E-state index contributed by atoms with van der Waals surface area (Å²) < 4.78 is 9.87. The first-order chi connectivity index (χ1) is 14.3. The standard InChI is InChI=1S/C19H22N4O7/c1-12-20-10-13(17(26)22-12)4-2-8-29-15(24)6-7-16(25)30-9-3-5-14-11-21-19(28)23-18(14)27/h6-7,10-11,20H,1-5,8-9H2,(H,22,26)(H2,21,23,27,28)/b7-6+. The Labute approximate surface area is 170 Å². The van der Waals surface area contributed by atoms with E-state index in [1.807, 2.05) is 0 Å². The van der Waals surface area contributed by atoms with Crippen LogP contribution in [0.4, 0.5) is 0 Å². The molecule has 11 heteroatoms. The smallest absolute Gasteiger partial charge is 0.331 e. The molecule has 0 saturated heterocycles. The molecule has 1 amide bonds. The van der Waals surface area contributed by atoms with Crippen molar-refractivity contribution in [3.63, 3.8) is 0 Å². The van der Waals surface area contributed by atoms with Gasteiger partial charge in [0.25, 0.3) is 11.5 Å². The summed E-state index contributed by atoms with van der Waals surface area (Å²) in [6.45, 7) is 3.69. The van der Waals surface area contributed by atoms with Crippen LogP contribution in [-0.4, -0.2) is 41.0 Å². The van der Waals surface area contributed by atoms with E-state index in [1.54, 1.807) is 6.20 Å². The predicted octanol–water partition coefficient (Wildman–Crippen LogP) is -0.507. The SMILES string of the molecule is C=C1NC=C(CCCOC(=O)/C=C/C(=O)OCCCc2c[nH]c(=O)[nH]c2=O)C(=O)N1. The van der Waals surface area contributed by atoms with E-state index in [4.69, 9.17) is 9.47 Å². The lowest BCUT2D eigenvalue weighted by molar-refractivity contribution is -0.140. The number of hydrogen-bond acceptors (Lipinski definition) is 8. The molecule has 0 saturated carbocycles. The summed E-state index contributed by atoms with van der Waals surface area (Å²) >= 11 is 0. The third-order valence-electron chi connectivity index (χ3n) is 3.90. The maximum absolute atomic E-state index is 11.6. The van der Waals surface area contributed by atoms with Gasteiger partial charge in [0.15, 0.2) is 0 Å². The Kier molecular flexibility index (Phi) is 8.36. The van der Waals surface area contributed by atoms with Crippen molar-refractivity contribution in [1.29, 1.82) is 0 Å². The first-order valence-electron chi connectivity index (χ1n) is 9.13. The molecule has 1 aromatic heterocycles. The van der Waals surface area contributed by atoms with Crippen LogP contribution in [0.3, 0.4) is 0 Å². The minimum atomic E-state index is -0.724. The van der Waals surface area contributed by atoms with E-state index in [-0.39, 0.29) is 19.1 Å². The molecular weight excluding hydrogens is 396 g/mol. The number of aryl methyl sites for hydroxylation is 1. The molecule has 4 N–H and O–H groups in total. The maximum atomic E-state index is 11.6. The fourth-order valence-corrected chi connectivity index (χ4v) is 2.41. The molecule has 30 heavy (non-hydrogen) atoms. The van der Waals surface area contributed by atoms with Crippen LogP contribution < -0.4 is 21.9 Å². The van der Waals surface area contributed by atoms with Gasteiger partial charge in [-0.25, -0.2) is 14.4 Å². The van der Waals surface area contributed by atoms with Crippen LogP contribution in [0.15, 0.2) is 52.1 Å². The fourth-order valence-electron chi connectivity index (χ4n) is 2.41. The molecule has 2 rings (SSSR count). The highest BCUT2D eigenvalue weighted by atomic mass is 16.5. The van der Waals surface area contributed by atoms with Crippen molar-refractivity contribution >= 4 is 17.8 Å². The Morgan fingerprint density at radius 1 is 1.00 bits per heavy atom. The predicted molar refractivity (Wildman–Crippen MR) is 105 cm³/mol. The number of esters is 2. The second-order valence-corrected chi connectivity index (χ2v) is 6.22. The lowest BCUT2D eigenvalue weighted by Gasteiger charge is -2.16. The average molecular weight is 418 g/mol. The molecule has 0 atom stereocenters. The molecule has 2 heterocycles. The normalized spacial score (nSPS) is 13.4. The molecule has 0 bridgehead atoms. The van der Waals surface area contributed by atoms with Gasteiger partial charge in [-0.2, -0.15) is 0 Å². The van der Waals surface area contributed by atoms with Crippen molar-refractivity contribution in [3.8, 4) is 0 Å². The Bertz CT molecular complexity index is 987. The van der Waals surface area contributed by atoms with Gasteiger partial charge in [0.1, 0.15) is 5.82 Å². The number of carbonyl (C=O) groups is 3. The molecular formula is C19H22N4O7. The van der Waals surface area contributed by atoms with Gasteiger partial charge in [0.05, 0.1) is 13.2 Å². The second-order valence-electron chi connectivity index (χ2n) is 6.22. The van der Waals surface area contributed by atoms with Gasteiger partial charge in [0.2, 0.25) is 0 Å².